The van der Waals surface area contributed by atoms with Gasteiger partial charge in [-0.3, -0.25) is 4.79 Å². The molecule has 0 atom stereocenters. The van der Waals surface area contributed by atoms with Crippen LogP contribution in [0.2, 0.25) is 0 Å². The van der Waals surface area contributed by atoms with Crippen LogP contribution in [0.3, 0.4) is 0 Å². The Morgan fingerprint density at radius 2 is 1.83 bits per heavy atom. The highest BCUT2D eigenvalue weighted by Crippen LogP contribution is 2.20. The summed E-state index contributed by atoms with van der Waals surface area (Å²) in [6, 6.07) is 0. The van der Waals surface area contributed by atoms with Crippen molar-refractivity contribution in [1.29, 1.82) is 0 Å². The van der Waals surface area contributed by atoms with Crippen molar-refractivity contribution in [3.63, 3.8) is 0 Å². The first-order valence-electron chi connectivity index (χ1n) is 3.95. The SMILES string of the molecule is CC(C)(C)N1OC(=O)CCC1=O. The summed E-state index contributed by atoms with van der Waals surface area (Å²) >= 11 is 0. The van der Waals surface area contributed by atoms with Crippen molar-refractivity contribution in [3.05, 3.63) is 0 Å². The molecular weight excluding hydrogens is 158 g/mol. The van der Waals surface area contributed by atoms with Crippen LogP contribution < -0.4 is 0 Å². The number of amides is 1. The van der Waals surface area contributed by atoms with E-state index in [9.17, 15) is 9.59 Å². The zero-order valence-corrected chi connectivity index (χ0v) is 7.59. The molecule has 0 unspecified atom stereocenters. The van der Waals surface area contributed by atoms with Gasteiger partial charge in [-0.2, -0.15) is 5.06 Å². The summed E-state index contributed by atoms with van der Waals surface area (Å²) in [7, 11) is 0. The Bertz CT molecular complexity index is 217. The molecule has 1 heterocycles. The summed E-state index contributed by atoms with van der Waals surface area (Å²) in [6.07, 6.45) is 0.460. The molecule has 0 bridgehead atoms. The standard InChI is InChI=1S/C8H13NO3/c1-8(2,3)9-6(10)4-5-7(11)12-9/h4-5H2,1-3H3. The topological polar surface area (TPSA) is 46.6 Å². The Morgan fingerprint density at radius 3 is 2.25 bits per heavy atom. The van der Waals surface area contributed by atoms with E-state index in [4.69, 9.17) is 4.84 Å². The third-order valence-corrected chi connectivity index (χ3v) is 1.57. The van der Waals surface area contributed by atoms with E-state index in [1.54, 1.807) is 0 Å². The van der Waals surface area contributed by atoms with Crippen LogP contribution >= 0.6 is 0 Å². The molecule has 0 radical (unpaired) electrons. The fourth-order valence-electron chi connectivity index (χ4n) is 1.02. The van der Waals surface area contributed by atoms with Gasteiger partial charge in [-0.25, -0.2) is 4.79 Å². The highest BCUT2D eigenvalue weighted by molar-refractivity contribution is 5.85. The molecule has 0 N–H and O–H groups in total. The Hall–Kier alpha value is -1.06. The van der Waals surface area contributed by atoms with Gasteiger partial charge in [-0.05, 0) is 20.8 Å². The zero-order chi connectivity index (χ0) is 9.35. The maximum Gasteiger partial charge on any atom is 0.333 e. The molecule has 0 aromatic rings. The van der Waals surface area contributed by atoms with Gasteiger partial charge in [0.15, 0.2) is 0 Å². The molecule has 0 aromatic heterocycles. The number of hydrogen-bond donors (Lipinski definition) is 0. The van der Waals surface area contributed by atoms with Gasteiger partial charge in [-0.1, -0.05) is 0 Å². The van der Waals surface area contributed by atoms with Crippen LogP contribution in [0.1, 0.15) is 33.6 Å². The van der Waals surface area contributed by atoms with Crippen LogP contribution in [0, 0.1) is 0 Å². The third-order valence-electron chi connectivity index (χ3n) is 1.57. The van der Waals surface area contributed by atoms with Gasteiger partial charge in [-0.15, -0.1) is 0 Å². The van der Waals surface area contributed by atoms with Gasteiger partial charge in [0.1, 0.15) is 0 Å². The van der Waals surface area contributed by atoms with E-state index in [-0.39, 0.29) is 24.7 Å². The molecular formula is C8H13NO3. The van der Waals surface area contributed by atoms with Crippen molar-refractivity contribution in [2.75, 3.05) is 0 Å². The molecule has 1 aliphatic heterocycles. The van der Waals surface area contributed by atoms with Crippen molar-refractivity contribution in [2.24, 2.45) is 0 Å². The van der Waals surface area contributed by atoms with Crippen molar-refractivity contribution in [3.8, 4) is 0 Å². The largest absolute Gasteiger partial charge is 0.338 e. The number of rotatable bonds is 0. The van der Waals surface area contributed by atoms with Gasteiger partial charge >= 0.3 is 5.97 Å². The van der Waals surface area contributed by atoms with Gasteiger partial charge in [0, 0.05) is 6.42 Å². The van der Waals surface area contributed by atoms with Gasteiger partial charge in [0.2, 0.25) is 0 Å². The average molecular weight is 171 g/mol. The van der Waals surface area contributed by atoms with Gasteiger partial charge in [0.05, 0.1) is 12.0 Å². The van der Waals surface area contributed by atoms with E-state index < -0.39 is 5.54 Å². The smallest absolute Gasteiger partial charge is 0.333 e. The molecule has 0 saturated carbocycles. The highest BCUT2D eigenvalue weighted by atomic mass is 16.7. The van der Waals surface area contributed by atoms with Crippen molar-refractivity contribution < 1.29 is 14.4 Å². The number of hydroxylamine groups is 2. The fourth-order valence-corrected chi connectivity index (χ4v) is 1.02. The van der Waals surface area contributed by atoms with Crippen LogP contribution in [0.5, 0.6) is 0 Å². The minimum absolute atomic E-state index is 0.123. The summed E-state index contributed by atoms with van der Waals surface area (Å²) in [4.78, 5) is 26.9. The molecule has 1 fully saturated rings. The minimum Gasteiger partial charge on any atom is -0.338 e. The van der Waals surface area contributed by atoms with Crippen molar-refractivity contribution >= 4 is 11.9 Å². The molecule has 1 aliphatic rings. The number of carbonyl (C=O) groups excluding carboxylic acids is 2. The number of nitrogens with zero attached hydrogens (tertiary/aromatic N) is 1. The molecule has 0 spiro atoms. The molecule has 1 amide bonds. The van der Waals surface area contributed by atoms with Crippen LogP contribution in [0.15, 0.2) is 0 Å². The molecule has 0 aromatic carbocycles. The van der Waals surface area contributed by atoms with Crippen LogP contribution in [0.4, 0.5) is 0 Å². The second-order valence-electron chi connectivity index (χ2n) is 3.82. The molecule has 1 saturated heterocycles. The van der Waals surface area contributed by atoms with E-state index in [1.165, 1.54) is 0 Å². The lowest BCUT2D eigenvalue weighted by Crippen LogP contribution is -2.49. The quantitative estimate of drug-likeness (QED) is 0.543. The second-order valence-corrected chi connectivity index (χ2v) is 3.82. The maximum absolute atomic E-state index is 11.2. The first-order chi connectivity index (χ1) is 5.41. The van der Waals surface area contributed by atoms with Crippen LogP contribution in [0.25, 0.3) is 0 Å². The Morgan fingerprint density at radius 1 is 1.25 bits per heavy atom. The summed E-state index contributed by atoms with van der Waals surface area (Å²) in [5.74, 6) is -0.452. The van der Waals surface area contributed by atoms with E-state index in [1.807, 2.05) is 20.8 Å². The zero-order valence-electron chi connectivity index (χ0n) is 7.59. The lowest BCUT2D eigenvalue weighted by atomic mass is 10.1. The molecule has 12 heavy (non-hydrogen) atoms. The maximum atomic E-state index is 11.2. The van der Waals surface area contributed by atoms with E-state index in [0.29, 0.717) is 0 Å². The van der Waals surface area contributed by atoms with Gasteiger partial charge < -0.3 is 4.84 Å². The Kier molecular flexibility index (Phi) is 2.08. The predicted molar refractivity (Wildman–Crippen MR) is 41.9 cm³/mol. The van der Waals surface area contributed by atoms with Crippen LogP contribution in [-0.4, -0.2) is 22.5 Å². The average Bonchev–Trinajstić information content (AvgIpc) is 1.92. The minimum atomic E-state index is -0.437. The van der Waals surface area contributed by atoms with Gasteiger partial charge in [0.25, 0.3) is 5.91 Å². The number of hydrogen-bond acceptors (Lipinski definition) is 3. The molecule has 4 nitrogen and oxygen atoms in total. The molecule has 4 heteroatoms. The second kappa shape index (κ2) is 2.77. The number of carbonyl (C=O) groups is 2. The summed E-state index contributed by atoms with van der Waals surface area (Å²) in [6.45, 7) is 5.47. The predicted octanol–water partition coefficient (Wildman–Crippen LogP) is 0.865. The first kappa shape index (κ1) is 9.03. The monoisotopic (exact) mass is 171 g/mol. The molecule has 0 aliphatic carbocycles. The fraction of sp³-hybridized carbons (Fsp3) is 0.750. The first-order valence-corrected chi connectivity index (χ1v) is 3.95. The van der Waals surface area contributed by atoms with E-state index >= 15 is 0 Å². The van der Waals surface area contributed by atoms with Crippen LogP contribution in [-0.2, 0) is 14.4 Å². The summed E-state index contributed by atoms with van der Waals surface area (Å²) < 4.78 is 0. The normalized spacial score (nSPS) is 19.4. The summed E-state index contributed by atoms with van der Waals surface area (Å²) in [5, 5.41) is 1.15. The Balaban J connectivity index is 2.74. The van der Waals surface area contributed by atoms with Crippen molar-refractivity contribution in [2.45, 2.75) is 39.2 Å². The molecule has 68 valence electrons. The molecule has 1 rings (SSSR count). The lowest BCUT2D eigenvalue weighted by Gasteiger charge is -2.35. The van der Waals surface area contributed by atoms with E-state index in [2.05, 4.69) is 0 Å². The summed E-state index contributed by atoms with van der Waals surface area (Å²) in [5.41, 5.74) is -0.437. The van der Waals surface area contributed by atoms with E-state index in [0.717, 1.165) is 5.06 Å². The lowest BCUT2D eigenvalue weighted by molar-refractivity contribution is -0.225. The van der Waals surface area contributed by atoms with Crippen molar-refractivity contribution in [1.82, 2.24) is 5.06 Å². The Labute approximate surface area is 71.4 Å². The third kappa shape index (κ3) is 1.75. The highest BCUT2D eigenvalue weighted by Gasteiger charge is 2.34.